The van der Waals surface area contributed by atoms with Crippen LogP contribution < -0.4 is 5.32 Å². The number of rotatable bonds is 6. The van der Waals surface area contributed by atoms with Crippen LogP contribution in [0.4, 0.5) is 11.4 Å². The average molecular weight is 397 g/mol. The minimum absolute atomic E-state index is 0.0401. The lowest BCUT2D eigenvalue weighted by atomic mass is 10.2. The highest BCUT2D eigenvalue weighted by atomic mass is 32.2. The van der Waals surface area contributed by atoms with Gasteiger partial charge in [0.2, 0.25) is 0 Å². The van der Waals surface area contributed by atoms with E-state index in [-0.39, 0.29) is 11.4 Å². The quantitative estimate of drug-likeness (QED) is 0.338. The second-order valence-corrected chi connectivity index (χ2v) is 7.32. The summed E-state index contributed by atoms with van der Waals surface area (Å²) >= 11 is 6.47. The van der Waals surface area contributed by atoms with Gasteiger partial charge in [0.25, 0.3) is 11.6 Å². The smallest absolute Gasteiger partial charge is 0.316 e. The first-order valence-corrected chi connectivity index (χ1v) is 9.38. The molecule has 1 aliphatic rings. The van der Waals surface area contributed by atoms with E-state index >= 15 is 0 Å². The van der Waals surface area contributed by atoms with E-state index in [0.29, 0.717) is 15.6 Å². The topological polar surface area (TPSA) is 102 Å². The molecule has 140 valence electrons. The van der Waals surface area contributed by atoms with E-state index in [1.807, 2.05) is 4.90 Å². The summed E-state index contributed by atoms with van der Waals surface area (Å²) in [5.41, 5.74) is 0.848. The number of nitrogens with zero attached hydrogens (tertiary/aromatic N) is 2. The van der Waals surface area contributed by atoms with Gasteiger partial charge in [0.05, 0.1) is 16.4 Å². The molecule has 2 rings (SSSR count). The molecule has 0 unspecified atom stereocenters. The summed E-state index contributed by atoms with van der Waals surface area (Å²) in [4.78, 5) is 35.9. The van der Waals surface area contributed by atoms with Crippen molar-refractivity contribution in [3.63, 3.8) is 0 Å². The molecule has 8 nitrogen and oxygen atoms in total. The number of carbonyl (C=O) groups excluding carboxylic acids is 2. The third kappa shape index (κ3) is 5.95. The van der Waals surface area contributed by atoms with Crippen molar-refractivity contribution in [2.45, 2.75) is 19.8 Å². The van der Waals surface area contributed by atoms with Crippen LogP contribution in [0.2, 0.25) is 0 Å². The van der Waals surface area contributed by atoms with E-state index in [1.165, 1.54) is 30.0 Å². The third-order valence-corrected chi connectivity index (χ3v) is 5.25. The van der Waals surface area contributed by atoms with Crippen molar-refractivity contribution in [2.75, 3.05) is 30.8 Å². The van der Waals surface area contributed by atoms with E-state index in [2.05, 4.69) is 5.32 Å². The number of aryl methyl sites for hydroxylation is 1. The summed E-state index contributed by atoms with van der Waals surface area (Å²) < 4.78 is 5.59. The van der Waals surface area contributed by atoms with Crippen LogP contribution in [-0.2, 0) is 14.3 Å². The maximum absolute atomic E-state index is 11.9. The number of nitrogens with one attached hydrogen (secondary N) is 1. The lowest BCUT2D eigenvalue weighted by molar-refractivity contribution is -0.384. The number of amides is 1. The number of benzene rings is 1. The van der Waals surface area contributed by atoms with Crippen LogP contribution in [0.3, 0.4) is 0 Å². The molecule has 0 aromatic heterocycles. The van der Waals surface area contributed by atoms with Crippen molar-refractivity contribution < 1.29 is 19.2 Å². The lowest BCUT2D eigenvalue weighted by Crippen LogP contribution is -2.25. The highest BCUT2D eigenvalue weighted by Crippen LogP contribution is 2.21. The van der Waals surface area contributed by atoms with Crippen LogP contribution in [-0.4, -0.2) is 51.5 Å². The van der Waals surface area contributed by atoms with Crippen molar-refractivity contribution in [3.05, 3.63) is 33.9 Å². The molecule has 10 heteroatoms. The van der Waals surface area contributed by atoms with Crippen LogP contribution >= 0.6 is 24.0 Å². The number of hydrogen-bond donors (Lipinski definition) is 1. The lowest BCUT2D eigenvalue weighted by Gasteiger charge is -2.17. The van der Waals surface area contributed by atoms with E-state index in [1.54, 1.807) is 6.92 Å². The number of thiocarbonyl (C=S) groups is 1. The number of nitro groups is 1. The molecule has 1 aliphatic heterocycles. The Hall–Kier alpha value is -2.20. The van der Waals surface area contributed by atoms with Gasteiger partial charge in [0.1, 0.15) is 4.32 Å². The fourth-order valence-electron chi connectivity index (χ4n) is 2.34. The van der Waals surface area contributed by atoms with Crippen molar-refractivity contribution in [1.82, 2.24) is 4.90 Å². The average Bonchev–Trinajstić information content (AvgIpc) is 3.14. The van der Waals surface area contributed by atoms with Gasteiger partial charge in [-0.3, -0.25) is 19.7 Å². The summed E-state index contributed by atoms with van der Waals surface area (Å²) in [7, 11) is 0. The van der Waals surface area contributed by atoms with Crippen molar-refractivity contribution >= 4 is 51.6 Å². The number of carbonyl (C=O) groups is 2. The van der Waals surface area contributed by atoms with Gasteiger partial charge in [-0.25, -0.2) is 0 Å². The van der Waals surface area contributed by atoms with Crippen LogP contribution in [0.5, 0.6) is 0 Å². The Morgan fingerprint density at radius 3 is 2.73 bits per heavy atom. The van der Waals surface area contributed by atoms with Gasteiger partial charge in [-0.1, -0.05) is 30.0 Å². The number of esters is 1. The van der Waals surface area contributed by atoms with Gasteiger partial charge in [0, 0.05) is 25.2 Å². The molecule has 0 spiro atoms. The Labute approximate surface area is 160 Å². The molecule has 0 saturated carbocycles. The molecule has 0 radical (unpaired) electrons. The highest BCUT2D eigenvalue weighted by molar-refractivity contribution is 8.23. The second kappa shape index (κ2) is 9.48. The summed E-state index contributed by atoms with van der Waals surface area (Å²) in [6, 6.07) is 4.15. The Kier molecular flexibility index (Phi) is 7.34. The predicted molar refractivity (Wildman–Crippen MR) is 103 cm³/mol. The molecular weight excluding hydrogens is 378 g/mol. The standard InChI is InChI=1S/C16H19N3O5S2/c1-11-4-5-12(19(22)23)8-13(11)17-14(20)9-24-15(21)10-26-16(25)18-6-2-3-7-18/h4-5,8H,2-3,6-7,9-10H2,1H3,(H,17,20). The first-order chi connectivity index (χ1) is 12.4. The Morgan fingerprint density at radius 2 is 2.08 bits per heavy atom. The van der Waals surface area contributed by atoms with Crippen LogP contribution in [0.25, 0.3) is 0 Å². The van der Waals surface area contributed by atoms with Gasteiger partial charge in [-0.2, -0.15) is 0 Å². The first kappa shape index (κ1) is 20.1. The normalized spacial score (nSPS) is 13.3. The molecule has 0 atom stereocenters. The zero-order chi connectivity index (χ0) is 19.1. The van der Waals surface area contributed by atoms with Gasteiger partial charge in [0.15, 0.2) is 6.61 Å². The maximum Gasteiger partial charge on any atom is 0.316 e. The first-order valence-electron chi connectivity index (χ1n) is 7.99. The minimum Gasteiger partial charge on any atom is -0.455 e. The second-order valence-electron chi connectivity index (χ2n) is 5.71. The molecule has 0 bridgehead atoms. The van der Waals surface area contributed by atoms with E-state index in [0.717, 1.165) is 25.9 Å². The number of nitro benzene ring substituents is 1. The third-order valence-electron chi connectivity index (χ3n) is 3.75. The number of anilines is 1. The summed E-state index contributed by atoms with van der Waals surface area (Å²) in [6.07, 6.45) is 2.20. The summed E-state index contributed by atoms with van der Waals surface area (Å²) in [5, 5.41) is 13.3. The van der Waals surface area contributed by atoms with Gasteiger partial charge >= 0.3 is 5.97 Å². The molecule has 1 saturated heterocycles. The largest absolute Gasteiger partial charge is 0.455 e. The molecule has 1 N–H and O–H groups in total. The Balaban J connectivity index is 1.76. The number of non-ortho nitro benzene ring substituents is 1. The number of hydrogen-bond acceptors (Lipinski definition) is 7. The molecule has 1 fully saturated rings. The minimum atomic E-state index is -0.561. The molecule has 1 aromatic carbocycles. The number of likely N-dealkylation sites (tertiary alicyclic amines) is 1. The monoisotopic (exact) mass is 397 g/mol. The fourth-order valence-corrected chi connectivity index (χ4v) is 3.39. The molecule has 1 heterocycles. The van der Waals surface area contributed by atoms with Gasteiger partial charge in [-0.05, 0) is 25.3 Å². The zero-order valence-electron chi connectivity index (χ0n) is 14.2. The summed E-state index contributed by atoms with van der Waals surface area (Å²) in [5.74, 6) is -1.06. The van der Waals surface area contributed by atoms with Crippen molar-refractivity contribution in [3.8, 4) is 0 Å². The molecular formula is C16H19N3O5S2. The predicted octanol–water partition coefficient (Wildman–Crippen LogP) is 2.50. The van der Waals surface area contributed by atoms with Gasteiger partial charge < -0.3 is 15.0 Å². The highest BCUT2D eigenvalue weighted by Gasteiger charge is 2.17. The van der Waals surface area contributed by atoms with Crippen LogP contribution in [0.15, 0.2) is 18.2 Å². The Morgan fingerprint density at radius 1 is 1.38 bits per heavy atom. The zero-order valence-corrected chi connectivity index (χ0v) is 15.9. The van der Waals surface area contributed by atoms with E-state index in [4.69, 9.17) is 17.0 Å². The van der Waals surface area contributed by atoms with Crippen LogP contribution in [0.1, 0.15) is 18.4 Å². The molecule has 26 heavy (non-hydrogen) atoms. The summed E-state index contributed by atoms with van der Waals surface area (Å²) in [6.45, 7) is 3.07. The Bertz CT molecular complexity index is 720. The van der Waals surface area contributed by atoms with E-state index in [9.17, 15) is 19.7 Å². The van der Waals surface area contributed by atoms with Gasteiger partial charge in [-0.15, -0.1) is 0 Å². The fraction of sp³-hybridized carbons (Fsp3) is 0.438. The number of ether oxygens (including phenoxy) is 1. The molecule has 1 amide bonds. The molecule has 1 aromatic rings. The maximum atomic E-state index is 11.9. The SMILES string of the molecule is Cc1ccc([N+](=O)[O-])cc1NC(=O)COC(=O)CSC(=S)N1CCCC1. The van der Waals surface area contributed by atoms with Crippen molar-refractivity contribution in [1.29, 1.82) is 0 Å². The number of thioether (sulfide) groups is 1. The van der Waals surface area contributed by atoms with Crippen molar-refractivity contribution in [2.24, 2.45) is 0 Å². The van der Waals surface area contributed by atoms with E-state index < -0.39 is 23.4 Å². The molecule has 0 aliphatic carbocycles. The van der Waals surface area contributed by atoms with Crippen LogP contribution in [0, 0.1) is 17.0 Å².